The molecule has 1 aliphatic rings. The Bertz CT molecular complexity index is 558. The van der Waals surface area contributed by atoms with E-state index in [-0.39, 0.29) is 11.8 Å². The maximum absolute atomic E-state index is 12.7. The smallest absolute Gasteiger partial charge is 0.311 e. The number of amides is 1. The molecule has 0 spiro atoms. The van der Waals surface area contributed by atoms with E-state index in [1.807, 2.05) is 44.4 Å². The summed E-state index contributed by atoms with van der Waals surface area (Å²) in [5, 5.41) is 9.56. The van der Waals surface area contributed by atoms with Crippen LogP contribution < -0.4 is 0 Å². The lowest BCUT2D eigenvalue weighted by Gasteiger charge is -2.28. The van der Waals surface area contributed by atoms with Crippen molar-refractivity contribution in [3.8, 4) is 0 Å². The molecule has 0 bridgehead atoms. The SMILES string of the molecule is CSc1ccccc1C(=O)N1CCC(C(=O)O)(C(C)C)C1. The van der Waals surface area contributed by atoms with Crippen LogP contribution in [0.25, 0.3) is 0 Å². The molecule has 2 rings (SSSR count). The van der Waals surface area contributed by atoms with Crippen LogP contribution in [-0.4, -0.2) is 41.2 Å². The van der Waals surface area contributed by atoms with Crippen molar-refractivity contribution in [3.63, 3.8) is 0 Å². The van der Waals surface area contributed by atoms with Gasteiger partial charge in [0.2, 0.25) is 0 Å². The van der Waals surface area contributed by atoms with Gasteiger partial charge in [-0.3, -0.25) is 9.59 Å². The van der Waals surface area contributed by atoms with Crippen LogP contribution in [0.15, 0.2) is 29.2 Å². The Morgan fingerprint density at radius 3 is 2.52 bits per heavy atom. The normalized spacial score (nSPS) is 21.8. The van der Waals surface area contributed by atoms with E-state index >= 15 is 0 Å². The largest absolute Gasteiger partial charge is 0.481 e. The number of rotatable bonds is 4. The first-order chi connectivity index (χ1) is 9.92. The highest BCUT2D eigenvalue weighted by Crippen LogP contribution is 2.39. The van der Waals surface area contributed by atoms with Crippen molar-refractivity contribution in [2.45, 2.75) is 25.2 Å². The quantitative estimate of drug-likeness (QED) is 0.869. The van der Waals surface area contributed by atoms with Crippen molar-refractivity contribution in [1.29, 1.82) is 0 Å². The van der Waals surface area contributed by atoms with Gasteiger partial charge in [-0.2, -0.15) is 0 Å². The first-order valence-electron chi connectivity index (χ1n) is 7.08. The minimum absolute atomic E-state index is 0.00333. The molecule has 0 aromatic heterocycles. The average Bonchev–Trinajstić information content (AvgIpc) is 2.93. The fraction of sp³-hybridized carbons (Fsp3) is 0.500. The number of carbonyl (C=O) groups is 2. The third kappa shape index (κ3) is 2.79. The van der Waals surface area contributed by atoms with E-state index in [4.69, 9.17) is 0 Å². The Labute approximate surface area is 129 Å². The molecule has 4 nitrogen and oxygen atoms in total. The molecule has 1 atom stereocenters. The number of benzene rings is 1. The standard InChI is InChI=1S/C16H21NO3S/c1-11(2)16(15(19)20)8-9-17(10-16)14(18)12-6-4-5-7-13(12)21-3/h4-7,11H,8-10H2,1-3H3,(H,19,20). The number of carboxylic acid groups (broad SMARTS) is 1. The third-order valence-corrected chi connectivity index (χ3v) is 5.25. The van der Waals surface area contributed by atoms with Crippen molar-refractivity contribution >= 4 is 23.6 Å². The summed E-state index contributed by atoms with van der Waals surface area (Å²) in [5.41, 5.74) is -0.154. The minimum Gasteiger partial charge on any atom is -0.481 e. The zero-order valence-corrected chi connectivity index (χ0v) is 13.4. The predicted molar refractivity (Wildman–Crippen MR) is 83.7 cm³/mol. The average molecular weight is 307 g/mol. The van der Waals surface area contributed by atoms with Gasteiger partial charge in [-0.05, 0) is 30.7 Å². The van der Waals surface area contributed by atoms with Gasteiger partial charge in [-0.1, -0.05) is 26.0 Å². The highest BCUT2D eigenvalue weighted by Gasteiger charge is 2.48. The molecular weight excluding hydrogens is 286 g/mol. The highest BCUT2D eigenvalue weighted by atomic mass is 32.2. The molecule has 1 aliphatic heterocycles. The highest BCUT2D eigenvalue weighted by molar-refractivity contribution is 7.98. The molecule has 5 heteroatoms. The monoisotopic (exact) mass is 307 g/mol. The van der Waals surface area contributed by atoms with Gasteiger partial charge >= 0.3 is 5.97 Å². The molecule has 1 aromatic carbocycles. The van der Waals surface area contributed by atoms with Gasteiger partial charge in [-0.25, -0.2) is 0 Å². The number of hydrogen-bond acceptors (Lipinski definition) is 3. The number of hydrogen-bond donors (Lipinski definition) is 1. The lowest BCUT2D eigenvalue weighted by Crippen LogP contribution is -2.40. The summed E-state index contributed by atoms with van der Waals surface area (Å²) in [6.45, 7) is 4.63. The van der Waals surface area contributed by atoms with Gasteiger partial charge in [0.05, 0.1) is 11.0 Å². The molecular formula is C16H21NO3S. The summed E-state index contributed by atoms with van der Waals surface area (Å²) >= 11 is 1.53. The lowest BCUT2D eigenvalue weighted by molar-refractivity contribution is -0.150. The van der Waals surface area contributed by atoms with Gasteiger partial charge in [0.1, 0.15) is 0 Å². The van der Waals surface area contributed by atoms with Crippen LogP contribution in [0.3, 0.4) is 0 Å². The molecule has 0 aliphatic carbocycles. The summed E-state index contributed by atoms with van der Waals surface area (Å²) in [5.74, 6) is -0.863. The van der Waals surface area contributed by atoms with Crippen molar-refractivity contribution < 1.29 is 14.7 Å². The van der Waals surface area contributed by atoms with Crippen LogP contribution in [0, 0.1) is 11.3 Å². The summed E-state index contributed by atoms with van der Waals surface area (Å²) < 4.78 is 0. The molecule has 1 unspecified atom stereocenters. The number of carboxylic acids is 1. The van der Waals surface area contributed by atoms with E-state index in [9.17, 15) is 14.7 Å². The minimum atomic E-state index is -0.816. The molecule has 1 N–H and O–H groups in total. The lowest BCUT2D eigenvalue weighted by atomic mass is 9.76. The molecule has 0 saturated carbocycles. The van der Waals surface area contributed by atoms with Gasteiger partial charge in [0.15, 0.2) is 0 Å². The molecule has 0 radical (unpaired) electrons. The second-order valence-corrected chi connectivity index (χ2v) is 6.64. The van der Waals surface area contributed by atoms with Crippen LogP contribution in [0.5, 0.6) is 0 Å². The predicted octanol–water partition coefficient (Wildman–Crippen LogP) is 2.98. The second kappa shape index (κ2) is 6.10. The van der Waals surface area contributed by atoms with E-state index in [1.54, 1.807) is 4.90 Å². The summed E-state index contributed by atoms with van der Waals surface area (Å²) in [4.78, 5) is 26.9. The first-order valence-corrected chi connectivity index (χ1v) is 8.30. The number of likely N-dealkylation sites (tertiary alicyclic amines) is 1. The Morgan fingerprint density at radius 2 is 2.00 bits per heavy atom. The zero-order chi connectivity index (χ0) is 15.6. The Hall–Kier alpha value is -1.49. The summed E-state index contributed by atoms with van der Waals surface area (Å²) in [6, 6.07) is 7.48. The fourth-order valence-corrected chi connectivity index (χ4v) is 3.48. The van der Waals surface area contributed by atoms with Gasteiger partial charge in [0.25, 0.3) is 5.91 Å². The van der Waals surface area contributed by atoms with E-state index in [0.717, 1.165) is 4.90 Å². The van der Waals surface area contributed by atoms with Gasteiger partial charge in [-0.15, -0.1) is 11.8 Å². The molecule has 1 amide bonds. The Morgan fingerprint density at radius 1 is 1.33 bits per heavy atom. The number of thioether (sulfide) groups is 1. The summed E-state index contributed by atoms with van der Waals surface area (Å²) in [7, 11) is 0. The van der Waals surface area contributed by atoms with Gasteiger partial charge < -0.3 is 10.0 Å². The van der Waals surface area contributed by atoms with E-state index in [1.165, 1.54) is 11.8 Å². The molecule has 21 heavy (non-hydrogen) atoms. The van der Waals surface area contributed by atoms with Crippen LogP contribution >= 0.6 is 11.8 Å². The van der Waals surface area contributed by atoms with Gasteiger partial charge in [0, 0.05) is 18.0 Å². The molecule has 114 valence electrons. The third-order valence-electron chi connectivity index (χ3n) is 4.46. The second-order valence-electron chi connectivity index (χ2n) is 5.79. The number of carbonyl (C=O) groups excluding carboxylic acids is 1. The Kier molecular flexibility index (Phi) is 4.61. The molecule has 1 saturated heterocycles. The van der Waals surface area contributed by atoms with E-state index in [2.05, 4.69) is 0 Å². The van der Waals surface area contributed by atoms with Crippen molar-refractivity contribution in [1.82, 2.24) is 4.90 Å². The van der Waals surface area contributed by atoms with Crippen molar-refractivity contribution in [2.24, 2.45) is 11.3 Å². The maximum atomic E-state index is 12.7. The van der Waals surface area contributed by atoms with Crippen LogP contribution in [0.4, 0.5) is 0 Å². The number of aliphatic carboxylic acids is 1. The zero-order valence-electron chi connectivity index (χ0n) is 12.6. The van der Waals surface area contributed by atoms with E-state index < -0.39 is 11.4 Å². The van der Waals surface area contributed by atoms with Crippen molar-refractivity contribution in [2.75, 3.05) is 19.3 Å². The van der Waals surface area contributed by atoms with Crippen LogP contribution in [0.1, 0.15) is 30.6 Å². The first kappa shape index (κ1) is 15.9. The maximum Gasteiger partial charge on any atom is 0.311 e. The van der Waals surface area contributed by atoms with Crippen molar-refractivity contribution in [3.05, 3.63) is 29.8 Å². The van der Waals surface area contributed by atoms with Crippen LogP contribution in [-0.2, 0) is 4.79 Å². The topological polar surface area (TPSA) is 57.6 Å². The Balaban J connectivity index is 2.25. The number of nitrogens with zero attached hydrogens (tertiary/aromatic N) is 1. The fourth-order valence-electron chi connectivity index (χ4n) is 2.89. The summed E-state index contributed by atoms with van der Waals surface area (Å²) in [6.07, 6.45) is 2.46. The van der Waals surface area contributed by atoms with E-state index in [0.29, 0.717) is 25.1 Å². The molecule has 1 heterocycles. The molecule has 1 fully saturated rings. The van der Waals surface area contributed by atoms with Crippen LogP contribution in [0.2, 0.25) is 0 Å². The molecule has 1 aromatic rings.